The highest BCUT2D eigenvalue weighted by Gasteiger charge is 2.23. The van der Waals surface area contributed by atoms with Crippen LogP contribution in [-0.2, 0) is 16.4 Å². The summed E-state index contributed by atoms with van der Waals surface area (Å²) in [6.07, 6.45) is 1.75. The minimum absolute atomic E-state index is 0.463. The Bertz CT molecular complexity index is 450. The molecule has 1 rings (SSSR count). The van der Waals surface area contributed by atoms with E-state index in [1.807, 2.05) is 26.0 Å². The van der Waals surface area contributed by atoms with Gasteiger partial charge in [0.15, 0.2) is 0 Å². The molecule has 0 spiro atoms. The second kappa shape index (κ2) is 6.17. The van der Waals surface area contributed by atoms with Crippen LogP contribution in [0.4, 0.5) is 0 Å². The summed E-state index contributed by atoms with van der Waals surface area (Å²) >= 11 is 0. The van der Waals surface area contributed by atoms with Crippen molar-refractivity contribution in [2.75, 3.05) is 13.1 Å². The van der Waals surface area contributed by atoms with Gasteiger partial charge in [-0.3, -0.25) is 0 Å². The molecule has 0 atom stereocenters. The lowest BCUT2D eigenvalue weighted by Crippen LogP contribution is -2.31. The number of nitrogens with zero attached hydrogens (tertiary/aromatic N) is 1. The smallest absolute Gasteiger partial charge is 0.207 e. The minimum atomic E-state index is -3.32. The Kier molecular flexibility index (Phi) is 5.15. The molecular weight excluding hydrogens is 234 g/mol. The third-order valence-electron chi connectivity index (χ3n) is 2.82. The van der Waals surface area contributed by atoms with Crippen molar-refractivity contribution >= 4 is 10.0 Å². The highest BCUT2D eigenvalue weighted by atomic mass is 32.2. The molecular formula is C13H21NO2S. The molecule has 17 heavy (non-hydrogen) atoms. The normalized spacial score (nSPS) is 12.0. The van der Waals surface area contributed by atoms with Crippen LogP contribution < -0.4 is 0 Å². The summed E-state index contributed by atoms with van der Waals surface area (Å²) in [5.41, 5.74) is 0.918. The van der Waals surface area contributed by atoms with Crippen LogP contribution in [0.5, 0.6) is 0 Å². The van der Waals surface area contributed by atoms with E-state index >= 15 is 0 Å². The van der Waals surface area contributed by atoms with E-state index < -0.39 is 10.0 Å². The zero-order chi connectivity index (χ0) is 12.9. The first kappa shape index (κ1) is 14.2. The van der Waals surface area contributed by atoms with Gasteiger partial charge < -0.3 is 0 Å². The SMILES string of the molecule is CCCc1ccccc1S(=O)(=O)N(CC)CC. The Balaban J connectivity index is 3.23. The highest BCUT2D eigenvalue weighted by Crippen LogP contribution is 2.21. The van der Waals surface area contributed by atoms with Crippen LogP contribution in [0.25, 0.3) is 0 Å². The second-order valence-electron chi connectivity index (χ2n) is 3.95. The van der Waals surface area contributed by atoms with Crippen LogP contribution >= 0.6 is 0 Å². The van der Waals surface area contributed by atoms with E-state index in [9.17, 15) is 8.42 Å². The molecule has 0 aromatic heterocycles. The summed E-state index contributed by atoms with van der Waals surface area (Å²) in [7, 11) is -3.32. The average molecular weight is 255 g/mol. The number of aryl methyl sites for hydroxylation is 1. The lowest BCUT2D eigenvalue weighted by atomic mass is 10.1. The van der Waals surface area contributed by atoms with Crippen molar-refractivity contribution in [2.45, 2.75) is 38.5 Å². The Morgan fingerprint density at radius 2 is 1.65 bits per heavy atom. The summed E-state index contributed by atoms with van der Waals surface area (Å²) < 4.78 is 26.3. The molecule has 0 aliphatic carbocycles. The molecule has 0 fully saturated rings. The Hall–Kier alpha value is -0.870. The van der Waals surface area contributed by atoms with Crippen LogP contribution in [-0.4, -0.2) is 25.8 Å². The molecule has 0 aliphatic rings. The van der Waals surface area contributed by atoms with E-state index in [2.05, 4.69) is 6.92 Å². The average Bonchev–Trinajstić information content (AvgIpc) is 2.31. The van der Waals surface area contributed by atoms with Gasteiger partial charge in [-0.05, 0) is 18.1 Å². The number of hydrogen-bond donors (Lipinski definition) is 0. The molecule has 96 valence electrons. The van der Waals surface area contributed by atoms with Gasteiger partial charge in [0.2, 0.25) is 10.0 Å². The first-order valence-corrected chi connectivity index (χ1v) is 7.59. The monoisotopic (exact) mass is 255 g/mol. The third kappa shape index (κ3) is 3.07. The van der Waals surface area contributed by atoms with Crippen molar-refractivity contribution in [3.8, 4) is 0 Å². The third-order valence-corrected chi connectivity index (χ3v) is 4.97. The van der Waals surface area contributed by atoms with E-state index in [4.69, 9.17) is 0 Å². The summed E-state index contributed by atoms with van der Waals surface area (Å²) in [6.45, 7) is 6.81. The highest BCUT2D eigenvalue weighted by molar-refractivity contribution is 7.89. The van der Waals surface area contributed by atoms with Crippen LogP contribution in [0.3, 0.4) is 0 Å². The molecule has 0 unspecified atom stereocenters. The fourth-order valence-corrected chi connectivity index (χ4v) is 3.64. The molecule has 1 aromatic carbocycles. The molecule has 4 heteroatoms. The largest absolute Gasteiger partial charge is 0.243 e. The minimum Gasteiger partial charge on any atom is -0.207 e. The molecule has 0 aliphatic heterocycles. The standard InChI is InChI=1S/C13H21NO2S/c1-4-9-12-10-7-8-11-13(12)17(15,16)14(5-2)6-3/h7-8,10-11H,4-6,9H2,1-3H3. The molecule has 3 nitrogen and oxygen atoms in total. The number of rotatable bonds is 6. The van der Waals surface area contributed by atoms with E-state index in [0.29, 0.717) is 18.0 Å². The molecule has 0 amide bonds. The maximum atomic E-state index is 12.4. The zero-order valence-electron chi connectivity index (χ0n) is 10.8. The molecule has 1 aromatic rings. The summed E-state index contributed by atoms with van der Waals surface area (Å²) in [6, 6.07) is 7.29. The van der Waals surface area contributed by atoms with Gasteiger partial charge in [0.25, 0.3) is 0 Å². The summed E-state index contributed by atoms with van der Waals surface area (Å²) in [4.78, 5) is 0.463. The molecule has 0 heterocycles. The Labute approximate surface area is 105 Å². The maximum absolute atomic E-state index is 12.4. The van der Waals surface area contributed by atoms with Gasteiger partial charge in [0, 0.05) is 13.1 Å². The topological polar surface area (TPSA) is 37.4 Å². The Morgan fingerprint density at radius 3 is 2.18 bits per heavy atom. The van der Waals surface area contributed by atoms with Gasteiger partial charge in [0.1, 0.15) is 0 Å². The van der Waals surface area contributed by atoms with E-state index in [1.165, 1.54) is 4.31 Å². The van der Waals surface area contributed by atoms with Crippen molar-refractivity contribution in [3.05, 3.63) is 29.8 Å². The van der Waals surface area contributed by atoms with Gasteiger partial charge >= 0.3 is 0 Å². The van der Waals surface area contributed by atoms with Crippen LogP contribution in [0.1, 0.15) is 32.8 Å². The first-order valence-electron chi connectivity index (χ1n) is 6.15. The van der Waals surface area contributed by atoms with Gasteiger partial charge in [0.05, 0.1) is 4.90 Å². The summed E-state index contributed by atoms with van der Waals surface area (Å²) in [5.74, 6) is 0. The van der Waals surface area contributed by atoms with Gasteiger partial charge in [-0.25, -0.2) is 8.42 Å². The molecule has 0 saturated heterocycles. The lowest BCUT2D eigenvalue weighted by molar-refractivity contribution is 0.444. The second-order valence-corrected chi connectivity index (χ2v) is 5.85. The van der Waals surface area contributed by atoms with E-state index in [-0.39, 0.29) is 0 Å². The first-order chi connectivity index (χ1) is 8.07. The van der Waals surface area contributed by atoms with Gasteiger partial charge in [-0.15, -0.1) is 0 Å². The predicted molar refractivity (Wildman–Crippen MR) is 70.5 cm³/mol. The number of hydrogen-bond acceptors (Lipinski definition) is 2. The summed E-state index contributed by atoms with van der Waals surface area (Å²) in [5, 5.41) is 0. The number of sulfonamides is 1. The van der Waals surface area contributed by atoms with E-state index in [0.717, 1.165) is 18.4 Å². The maximum Gasteiger partial charge on any atom is 0.243 e. The lowest BCUT2D eigenvalue weighted by Gasteiger charge is -2.20. The van der Waals surface area contributed by atoms with Crippen molar-refractivity contribution in [2.24, 2.45) is 0 Å². The molecule has 0 radical (unpaired) electrons. The van der Waals surface area contributed by atoms with Crippen LogP contribution in [0.2, 0.25) is 0 Å². The fourth-order valence-electron chi connectivity index (χ4n) is 1.93. The van der Waals surface area contributed by atoms with E-state index in [1.54, 1.807) is 12.1 Å². The van der Waals surface area contributed by atoms with Crippen LogP contribution in [0.15, 0.2) is 29.2 Å². The van der Waals surface area contributed by atoms with Crippen molar-refractivity contribution in [1.29, 1.82) is 0 Å². The fraction of sp³-hybridized carbons (Fsp3) is 0.538. The van der Waals surface area contributed by atoms with Crippen molar-refractivity contribution in [1.82, 2.24) is 4.31 Å². The van der Waals surface area contributed by atoms with Crippen molar-refractivity contribution in [3.63, 3.8) is 0 Å². The molecule has 0 saturated carbocycles. The van der Waals surface area contributed by atoms with Crippen molar-refractivity contribution < 1.29 is 8.42 Å². The predicted octanol–water partition coefficient (Wildman–Crippen LogP) is 2.67. The molecule has 0 bridgehead atoms. The number of benzene rings is 1. The quantitative estimate of drug-likeness (QED) is 0.783. The van der Waals surface area contributed by atoms with Crippen LogP contribution in [0, 0.1) is 0 Å². The molecule has 0 N–H and O–H groups in total. The van der Waals surface area contributed by atoms with Gasteiger partial charge in [-0.1, -0.05) is 45.4 Å². The zero-order valence-corrected chi connectivity index (χ0v) is 11.6. The van der Waals surface area contributed by atoms with Gasteiger partial charge in [-0.2, -0.15) is 4.31 Å². The Morgan fingerprint density at radius 1 is 1.06 bits per heavy atom.